The van der Waals surface area contributed by atoms with E-state index in [1.807, 2.05) is 29.5 Å². The van der Waals surface area contributed by atoms with Gasteiger partial charge in [0.15, 0.2) is 5.82 Å². The molecule has 0 spiro atoms. The maximum absolute atomic E-state index is 12.1. The number of aryl methyl sites for hydroxylation is 1. The lowest BCUT2D eigenvalue weighted by Crippen LogP contribution is -2.14. The first kappa shape index (κ1) is 13.6. The van der Waals surface area contributed by atoms with Gasteiger partial charge in [-0.15, -0.1) is 0 Å². The molecule has 0 atom stereocenters. The third kappa shape index (κ3) is 2.96. The molecular formula is C11H8Cl2IN3O. The summed E-state index contributed by atoms with van der Waals surface area (Å²) < 4.78 is 0.656. The van der Waals surface area contributed by atoms with Gasteiger partial charge in [-0.3, -0.25) is 9.89 Å². The number of carbonyl (C=O) groups excluding carboxylic acids is 1. The molecule has 18 heavy (non-hydrogen) atoms. The van der Waals surface area contributed by atoms with E-state index >= 15 is 0 Å². The minimum absolute atomic E-state index is 0.296. The van der Waals surface area contributed by atoms with Gasteiger partial charge in [0.25, 0.3) is 5.91 Å². The molecule has 0 saturated carbocycles. The van der Waals surface area contributed by atoms with E-state index < -0.39 is 0 Å². The second-order valence-electron chi connectivity index (χ2n) is 3.64. The molecule has 0 aliphatic rings. The summed E-state index contributed by atoms with van der Waals surface area (Å²) in [5.74, 6) is 0.166. The number of benzene rings is 1. The number of hydrogen-bond acceptors (Lipinski definition) is 2. The Kier molecular flexibility index (Phi) is 4.14. The Morgan fingerprint density at radius 2 is 2.11 bits per heavy atom. The smallest absolute Gasteiger partial charge is 0.258 e. The third-order valence-corrected chi connectivity index (χ3v) is 4.18. The van der Waals surface area contributed by atoms with Gasteiger partial charge in [-0.1, -0.05) is 23.2 Å². The van der Waals surface area contributed by atoms with Crippen LogP contribution in [0.3, 0.4) is 0 Å². The van der Waals surface area contributed by atoms with Crippen LogP contribution in [0.25, 0.3) is 0 Å². The van der Waals surface area contributed by atoms with Crippen LogP contribution in [-0.4, -0.2) is 16.1 Å². The fourth-order valence-corrected chi connectivity index (χ4v) is 2.44. The van der Waals surface area contributed by atoms with E-state index in [2.05, 4.69) is 15.5 Å². The second-order valence-corrected chi connectivity index (χ2v) is 5.56. The first-order valence-corrected chi connectivity index (χ1v) is 6.79. The minimum atomic E-state index is -0.296. The number of anilines is 1. The monoisotopic (exact) mass is 395 g/mol. The van der Waals surface area contributed by atoms with Gasteiger partial charge in [0, 0.05) is 20.4 Å². The quantitative estimate of drug-likeness (QED) is 0.598. The van der Waals surface area contributed by atoms with Crippen LogP contribution in [-0.2, 0) is 0 Å². The van der Waals surface area contributed by atoms with Crippen molar-refractivity contribution in [2.45, 2.75) is 6.92 Å². The average molecular weight is 396 g/mol. The van der Waals surface area contributed by atoms with Crippen molar-refractivity contribution in [2.24, 2.45) is 0 Å². The number of hydrogen-bond donors (Lipinski definition) is 2. The standard InChI is InChI=1S/C11H8Cl2IN3O/c1-5-2-9(17-16-5)15-11(18)7-3-6(12)4-8(13)10(7)14/h2-4H,1H3,(H2,15,16,17,18). The van der Waals surface area contributed by atoms with Crippen LogP contribution < -0.4 is 5.32 Å². The highest BCUT2D eigenvalue weighted by atomic mass is 127. The lowest BCUT2D eigenvalue weighted by molar-refractivity contribution is 0.102. The number of aromatic nitrogens is 2. The van der Waals surface area contributed by atoms with Crippen LogP contribution in [0.15, 0.2) is 18.2 Å². The summed E-state index contributed by atoms with van der Waals surface area (Å²) in [5.41, 5.74) is 1.29. The highest BCUT2D eigenvalue weighted by Gasteiger charge is 2.15. The number of nitrogens with one attached hydrogen (secondary N) is 2. The Labute approximate surface area is 127 Å². The van der Waals surface area contributed by atoms with Crippen molar-refractivity contribution in [1.82, 2.24) is 10.2 Å². The van der Waals surface area contributed by atoms with Crippen LogP contribution >= 0.6 is 45.8 Å². The topological polar surface area (TPSA) is 57.8 Å². The van der Waals surface area contributed by atoms with Crippen molar-refractivity contribution < 1.29 is 4.79 Å². The summed E-state index contributed by atoms with van der Waals surface area (Å²) in [6.07, 6.45) is 0. The lowest BCUT2D eigenvalue weighted by Gasteiger charge is -2.06. The van der Waals surface area contributed by atoms with Crippen molar-refractivity contribution in [1.29, 1.82) is 0 Å². The second kappa shape index (κ2) is 5.46. The number of rotatable bonds is 2. The molecule has 0 aliphatic heterocycles. The molecule has 1 aromatic heterocycles. The van der Waals surface area contributed by atoms with E-state index in [0.29, 0.717) is 25.0 Å². The van der Waals surface area contributed by atoms with Gasteiger partial charge >= 0.3 is 0 Å². The van der Waals surface area contributed by atoms with E-state index in [9.17, 15) is 4.79 Å². The third-order valence-electron chi connectivity index (χ3n) is 2.19. The maximum atomic E-state index is 12.1. The van der Waals surface area contributed by atoms with E-state index in [1.54, 1.807) is 18.2 Å². The van der Waals surface area contributed by atoms with Crippen molar-refractivity contribution in [3.05, 3.63) is 43.1 Å². The van der Waals surface area contributed by atoms with Crippen LogP contribution in [0.1, 0.15) is 16.1 Å². The Morgan fingerprint density at radius 1 is 1.39 bits per heavy atom. The van der Waals surface area contributed by atoms with Crippen molar-refractivity contribution in [2.75, 3.05) is 5.32 Å². The van der Waals surface area contributed by atoms with Gasteiger partial charge in [-0.2, -0.15) is 5.10 Å². The number of nitrogens with zero attached hydrogens (tertiary/aromatic N) is 1. The summed E-state index contributed by atoms with van der Waals surface area (Å²) in [5, 5.41) is 10.2. The molecule has 1 amide bonds. The predicted molar refractivity (Wildman–Crippen MR) is 80.5 cm³/mol. The number of carbonyl (C=O) groups is 1. The van der Waals surface area contributed by atoms with E-state index in [4.69, 9.17) is 23.2 Å². The Bertz CT molecular complexity index is 612. The van der Waals surface area contributed by atoms with Gasteiger partial charge < -0.3 is 5.32 Å². The predicted octanol–water partition coefficient (Wildman–Crippen LogP) is 3.88. The Hall–Kier alpha value is -0.790. The molecular weight excluding hydrogens is 388 g/mol. The van der Waals surface area contributed by atoms with Crippen LogP contribution in [0.4, 0.5) is 5.82 Å². The summed E-state index contributed by atoms with van der Waals surface area (Å²) >= 11 is 13.9. The molecule has 94 valence electrons. The average Bonchev–Trinajstić information content (AvgIpc) is 2.69. The molecule has 2 rings (SSSR count). The summed E-state index contributed by atoms with van der Waals surface area (Å²) in [6.45, 7) is 1.85. The van der Waals surface area contributed by atoms with Crippen molar-refractivity contribution in [3.8, 4) is 0 Å². The molecule has 0 radical (unpaired) electrons. The lowest BCUT2D eigenvalue weighted by atomic mass is 10.2. The molecule has 1 aromatic carbocycles. The van der Waals surface area contributed by atoms with Gasteiger partial charge in [0.05, 0.1) is 10.6 Å². The molecule has 0 saturated heterocycles. The zero-order valence-corrected chi connectivity index (χ0v) is 12.9. The summed E-state index contributed by atoms with van der Waals surface area (Å²) in [6, 6.07) is 4.90. The van der Waals surface area contributed by atoms with Gasteiger partial charge in [0.1, 0.15) is 0 Å². The first-order valence-electron chi connectivity index (χ1n) is 4.95. The molecule has 0 fully saturated rings. The van der Waals surface area contributed by atoms with Crippen LogP contribution in [0.5, 0.6) is 0 Å². The number of H-pyrrole nitrogens is 1. The van der Waals surface area contributed by atoms with Crippen LogP contribution in [0.2, 0.25) is 10.0 Å². The van der Waals surface area contributed by atoms with E-state index in [1.165, 1.54) is 0 Å². The molecule has 0 unspecified atom stereocenters. The zero-order valence-electron chi connectivity index (χ0n) is 9.22. The van der Waals surface area contributed by atoms with Crippen molar-refractivity contribution in [3.63, 3.8) is 0 Å². The number of aromatic amines is 1. The molecule has 2 aromatic rings. The molecule has 1 heterocycles. The fourth-order valence-electron chi connectivity index (χ4n) is 1.39. The molecule has 7 heteroatoms. The Morgan fingerprint density at radius 3 is 2.72 bits per heavy atom. The summed E-state index contributed by atoms with van der Waals surface area (Å²) in [4.78, 5) is 12.1. The Balaban J connectivity index is 2.29. The van der Waals surface area contributed by atoms with Gasteiger partial charge in [0.2, 0.25) is 0 Å². The van der Waals surface area contributed by atoms with E-state index in [-0.39, 0.29) is 5.91 Å². The molecule has 4 nitrogen and oxygen atoms in total. The fraction of sp³-hybridized carbons (Fsp3) is 0.0909. The van der Waals surface area contributed by atoms with Gasteiger partial charge in [-0.05, 0) is 41.6 Å². The van der Waals surface area contributed by atoms with Crippen molar-refractivity contribution >= 4 is 57.5 Å². The van der Waals surface area contributed by atoms with E-state index in [0.717, 1.165) is 5.69 Å². The highest BCUT2D eigenvalue weighted by molar-refractivity contribution is 14.1. The summed E-state index contributed by atoms with van der Waals surface area (Å²) in [7, 11) is 0. The largest absolute Gasteiger partial charge is 0.305 e. The maximum Gasteiger partial charge on any atom is 0.258 e. The van der Waals surface area contributed by atoms with Crippen LogP contribution in [0, 0.1) is 10.5 Å². The number of amides is 1. The number of halogens is 3. The SMILES string of the molecule is Cc1cc(NC(=O)c2cc(Cl)cc(Cl)c2I)n[nH]1. The minimum Gasteiger partial charge on any atom is -0.305 e. The molecule has 2 N–H and O–H groups in total. The molecule has 0 aliphatic carbocycles. The first-order chi connectivity index (χ1) is 8.47. The normalized spacial score (nSPS) is 10.4. The van der Waals surface area contributed by atoms with Gasteiger partial charge in [-0.25, -0.2) is 0 Å². The zero-order chi connectivity index (χ0) is 13.3. The highest BCUT2D eigenvalue weighted by Crippen LogP contribution is 2.27. The molecule has 0 bridgehead atoms.